The molecular formula is C12H22N2OS. The number of ether oxygens (including phenoxy) is 1. The average Bonchev–Trinajstić information content (AvgIpc) is 2.72. The Morgan fingerprint density at radius 1 is 1.44 bits per heavy atom. The lowest BCUT2D eigenvalue weighted by Gasteiger charge is -2.13. The topological polar surface area (TPSA) is 27.1 Å². The molecule has 0 aliphatic heterocycles. The van der Waals surface area contributed by atoms with E-state index >= 15 is 0 Å². The van der Waals surface area contributed by atoms with Crippen molar-refractivity contribution in [3.8, 4) is 5.75 Å². The monoisotopic (exact) mass is 242 g/mol. The van der Waals surface area contributed by atoms with Crippen molar-refractivity contribution in [1.29, 1.82) is 0 Å². The first-order valence-corrected chi connectivity index (χ1v) is 6.69. The molecule has 0 saturated heterocycles. The van der Waals surface area contributed by atoms with E-state index in [2.05, 4.69) is 31.6 Å². The van der Waals surface area contributed by atoms with E-state index in [1.54, 1.807) is 6.20 Å². The molecule has 0 spiro atoms. The Kier molecular flexibility index (Phi) is 6.38. The smallest absolute Gasteiger partial charge is 0.157 e. The van der Waals surface area contributed by atoms with Gasteiger partial charge in [0.15, 0.2) is 5.75 Å². The second-order valence-electron chi connectivity index (χ2n) is 4.09. The number of aryl methyl sites for hydroxylation is 1. The number of hydrogen-bond acceptors (Lipinski definition) is 3. The van der Waals surface area contributed by atoms with E-state index in [-0.39, 0.29) is 0 Å². The molecule has 0 fully saturated rings. The molecule has 1 atom stereocenters. The standard InChI is InChI=1S/C12H22N2OS/c1-3-5-11(10-16)9-15-12-7-13-14(8-12)6-4-2/h7-8,11,16H,3-6,9-10H2,1-2H3. The van der Waals surface area contributed by atoms with Crippen LogP contribution in [0, 0.1) is 5.92 Å². The molecule has 0 aliphatic rings. The molecule has 0 amide bonds. The zero-order chi connectivity index (χ0) is 11.8. The summed E-state index contributed by atoms with van der Waals surface area (Å²) in [6.07, 6.45) is 7.20. The Morgan fingerprint density at radius 2 is 2.25 bits per heavy atom. The highest BCUT2D eigenvalue weighted by atomic mass is 32.1. The molecule has 1 rings (SSSR count). The maximum Gasteiger partial charge on any atom is 0.157 e. The Hall–Kier alpha value is -0.640. The molecule has 1 unspecified atom stereocenters. The fraction of sp³-hybridized carbons (Fsp3) is 0.750. The van der Waals surface area contributed by atoms with Crippen molar-refractivity contribution in [3.63, 3.8) is 0 Å². The van der Waals surface area contributed by atoms with Crippen LogP contribution in [0.3, 0.4) is 0 Å². The van der Waals surface area contributed by atoms with Crippen LogP contribution in [0.4, 0.5) is 0 Å². The van der Waals surface area contributed by atoms with E-state index in [9.17, 15) is 0 Å². The predicted octanol–water partition coefficient (Wildman–Crippen LogP) is 3.02. The van der Waals surface area contributed by atoms with Crippen LogP contribution >= 0.6 is 12.6 Å². The molecule has 0 radical (unpaired) electrons. The third-order valence-corrected chi connectivity index (χ3v) is 3.02. The van der Waals surface area contributed by atoms with E-state index in [1.165, 1.54) is 12.8 Å². The molecular weight excluding hydrogens is 220 g/mol. The van der Waals surface area contributed by atoms with Crippen LogP contribution in [0.2, 0.25) is 0 Å². The van der Waals surface area contributed by atoms with Crippen molar-refractivity contribution < 1.29 is 4.74 Å². The van der Waals surface area contributed by atoms with E-state index in [4.69, 9.17) is 4.74 Å². The van der Waals surface area contributed by atoms with E-state index in [0.29, 0.717) is 5.92 Å². The summed E-state index contributed by atoms with van der Waals surface area (Å²) in [5, 5.41) is 4.23. The first-order chi connectivity index (χ1) is 7.80. The van der Waals surface area contributed by atoms with Crippen LogP contribution < -0.4 is 4.74 Å². The van der Waals surface area contributed by atoms with Gasteiger partial charge in [-0.3, -0.25) is 4.68 Å². The highest BCUT2D eigenvalue weighted by Gasteiger charge is 2.07. The van der Waals surface area contributed by atoms with Gasteiger partial charge >= 0.3 is 0 Å². The quantitative estimate of drug-likeness (QED) is 0.709. The van der Waals surface area contributed by atoms with Crippen molar-refractivity contribution >= 4 is 12.6 Å². The summed E-state index contributed by atoms with van der Waals surface area (Å²) in [7, 11) is 0. The third kappa shape index (κ3) is 4.47. The van der Waals surface area contributed by atoms with Gasteiger partial charge in [0.1, 0.15) is 0 Å². The van der Waals surface area contributed by atoms with Gasteiger partial charge in [-0.25, -0.2) is 0 Å². The molecule has 1 aromatic rings. The normalized spacial score (nSPS) is 12.7. The summed E-state index contributed by atoms with van der Waals surface area (Å²) in [6, 6.07) is 0. The molecule has 0 aliphatic carbocycles. The van der Waals surface area contributed by atoms with Gasteiger partial charge in [0.25, 0.3) is 0 Å². The predicted molar refractivity (Wildman–Crippen MR) is 70.3 cm³/mol. The maximum absolute atomic E-state index is 5.71. The third-order valence-electron chi connectivity index (χ3n) is 2.50. The minimum Gasteiger partial charge on any atom is -0.490 e. The summed E-state index contributed by atoms with van der Waals surface area (Å²) in [5.74, 6) is 2.30. The summed E-state index contributed by atoms with van der Waals surface area (Å²) in [5.41, 5.74) is 0. The van der Waals surface area contributed by atoms with Gasteiger partial charge in [0, 0.05) is 12.5 Å². The Balaban J connectivity index is 2.34. The largest absolute Gasteiger partial charge is 0.490 e. The van der Waals surface area contributed by atoms with E-state index in [0.717, 1.165) is 31.1 Å². The second-order valence-corrected chi connectivity index (χ2v) is 4.45. The Bertz CT molecular complexity index is 288. The highest BCUT2D eigenvalue weighted by molar-refractivity contribution is 7.80. The van der Waals surface area contributed by atoms with E-state index < -0.39 is 0 Å². The van der Waals surface area contributed by atoms with Crippen LogP contribution in [-0.2, 0) is 6.54 Å². The van der Waals surface area contributed by atoms with Gasteiger partial charge in [0.05, 0.1) is 19.0 Å². The average molecular weight is 242 g/mol. The number of aromatic nitrogens is 2. The SMILES string of the molecule is CCCC(CS)COc1cnn(CCC)c1. The lowest BCUT2D eigenvalue weighted by molar-refractivity contribution is 0.254. The van der Waals surface area contributed by atoms with Gasteiger partial charge in [0.2, 0.25) is 0 Å². The highest BCUT2D eigenvalue weighted by Crippen LogP contribution is 2.13. The van der Waals surface area contributed by atoms with Gasteiger partial charge in [-0.15, -0.1) is 0 Å². The van der Waals surface area contributed by atoms with Crippen LogP contribution in [0.5, 0.6) is 5.75 Å². The minimum atomic E-state index is 0.544. The molecule has 1 heterocycles. The lowest BCUT2D eigenvalue weighted by Crippen LogP contribution is -2.13. The van der Waals surface area contributed by atoms with Gasteiger partial charge < -0.3 is 4.74 Å². The lowest BCUT2D eigenvalue weighted by atomic mass is 10.1. The fourth-order valence-electron chi connectivity index (χ4n) is 1.62. The Labute approximate surface area is 104 Å². The number of thiol groups is 1. The molecule has 0 N–H and O–H groups in total. The second kappa shape index (κ2) is 7.60. The van der Waals surface area contributed by atoms with Crippen molar-refractivity contribution in [2.24, 2.45) is 5.92 Å². The molecule has 3 nitrogen and oxygen atoms in total. The Morgan fingerprint density at radius 3 is 2.88 bits per heavy atom. The molecule has 92 valence electrons. The first kappa shape index (κ1) is 13.4. The van der Waals surface area contributed by atoms with Crippen molar-refractivity contribution in [3.05, 3.63) is 12.4 Å². The van der Waals surface area contributed by atoms with Gasteiger partial charge in [-0.05, 0) is 18.6 Å². The van der Waals surface area contributed by atoms with Gasteiger partial charge in [-0.2, -0.15) is 17.7 Å². The molecule has 0 aromatic carbocycles. The van der Waals surface area contributed by atoms with E-state index in [1.807, 2.05) is 10.9 Å². The molecule has 16 heavy (non-hydrogen) atoms. The zero-order valence-electron chi connectivity index (χ0n) is 10.2. The summed E-state index contributed by atoms with van der Waals surface area (Å²) in [4.78, 5) is 0. The van der Waals surface area contributed by atoms with Crippen LogP contribution in [0.25, 0.3) is 0 Å². The number of rotatable bonds is 8. The number of nitrogens with zero attached hydrogens (tertiary/aromatic N) is 2. The molecule has 0 bridgehead atoms. The molecule has 0 saturated carbocycles. The number of hydrogen-bond donors (Lipinski definition) is 1. The fourth-order valence-corrected chi connectivity index (χ4v) is 1.91. The summed E-state index contributed by atoms with van der Waals surface area (Å²) < 4.78 is 7.63. The van der Waals surface area contributed by atoms with Crippen LogP contribution in [-0.4, -0.2) is 22.1 Å². The zero-order valence-corrected chi connectivity index (χ0v) is 11.1. The minimum absolute atomic E-state index is 0.544. The van der Waals surface area contributed by atoms with Crippen molar-refractivity contribution in [1.82, 2.24) is 9.78 Å². The van der Waals surface area contributed by atoms with Crippen molar-refractivity contribution in [2.75, 3.05) is 12.4 Å². The van der Waals surface area contributed by atoms with Crippen molar-refractivity contribution in [2.45, 2.75) is 39.7 Å². The van der Waals surface area contributed by atoms with Crippen LogP contribution in [0.15, 0.2) is 12.4 Å². The molecule has 1 aromatic heterocycles. The molecule has 4 heteroatoms. The summed E-state index contributed by atoms with van der Waals surface area (Å²) >= 11 is 4.33. The van der Waals surface area contributed by atoms with Gasteiger partial charge in [-0.1, -0.05) is 20.3 Å². The maximum atomic E-state index is 5.71. The summed E-state index contributed by atoms with van der Waals surface area (Å²) in [6.45, 7) is 6.03. The first-order valence-electron chi connectivity index (χ1n) is 6.06. The van der Waals surface area contributed by atoms with Crippen LogP contribution in [0.1, 0.15) is 33.1 Å².